The Morgan fingerprint density at radius 2 is 1.57 bits per heavy atom. The van der Waals surface area contributed by atoms with Crippen molar-refractivity contribution in [1.82, 2.24) is 0 Å². The fourth-order valence-electron chi connectivity index (χ4n) is 0.289. The molecule has 0 aromatic heterocycles. The summed E-state index contributed by atoms with van der Waals surface area (Å²) < 4.78 is 0. The number of hydrogen-bond donors (Lipinski definition) is 1. The summed E-state index contributed by atoms with van der Waals surface area (Å²) in [5.41, 5.74) is 0. The molecule has 0 rings (SSSR count). The molecule has 0 aliphatic carbocycles. The van der Waals surface area contributed by atoms with Gasteiger partial charge in [0.25, 0.3) is 0 Å². The van der Waals surface area contributed by atoms with Gasteiger partial charge in [0.1, 0.15) is 0 Å². The van der Waals surface area contributed by atoms with Crippen LogP contribution in [0.5, 0.6) is 0 Å². The topological polar surface area (TPSA) is 20.2 Å². The molecule has 0 saturated heterocycles. The largest absolute Gasteiger partial charge is 0.393 e. The highest BCUT2D eigenvalue weighted by molar-refractivity contribution is 7.59. The van der Waals surface area contributed by atoms with Crippen molar-refractivity contribution in [2.75, 3.05) is 0 Å². The van der Waals surface area contributed by atoms with Gasteiger partial charge in [0.2, 0.25) is 0 Å². The molecular weight excluding hydrogens is 108 g/mol. The minimum absolute atomic E-state index is 0. The molecule has 0 aliphatic heterocycles. The molecule has 7 heavy (non-hydrogen) atoms. The Labute approximate surface area is 52.2 Å². The average molecular weight is 122 g/mol. The van der Waals surface area contributed by atoms with Crippen LogP contribution in [0.25, 0.3) is 0 Å². The Bertz CT molecular complexity index is 27.3. The van der Waals surface area contributed by atoms with Crippen molar-refractivity contribution in [3.05, 3.63) is 0 Å². The quantitative estimate of drug-likeness (QED) is 0.585. The third-order valence-corrected chi connectivity index (χ3v) is 0.942. The van der Waals surface area contributed by atoms with E-state index in [-0.39, 0.29) is 19.6 Å². The summed E-state index contributed by atoms with van der Waals surface area (Å²) >= 11 is 0. The average Bonchev–Trinajstić information content (AvgIpc) is 1.65. The van der Waals surface area contributed by atoms with E-state index in [0.29, 0.717) is 0 Å². The minimum atomic E-state index is -0.0648. The van der Waals surface area contributed by atoms with Gasteiger partial charge in [0, 0.05) is 0 Å². The highest BCUT2D eigenvalue weighted by atomic mass is 32.1. The molecular formula is C5H14OS. The van der Waals surface area contributed by atoms with Crippen LogP contribution in [0, 0.1) is 0 Å². The molecule has 1 nitrogen and oxygen atoms in total. The maximum absolute atomic E-state index is 8.67. The van der Waals surface area contributed by atoms with Crippen molar-refractivity contribution in [2.24, 2.45) is 0 Å². The van der Waals surface area contributed by atoms with E-state index in [4.69, 9.17) is 5.11 Å². The van der Waals surface area contributed by atoms with E-state index >= 15 is 0 Å². The summed E-state index contributed by atoms with van der Waals surface area (Å²) in [6.45, 7) is 3.96. The molecule has 0 fully saturated rings. The third-order valence-electron chi connectivity index (χ3n) is 0.942. The molecule has 0 aromatic rings. The van der Waals surface area contributed by atoms with Crippen LogP contribution >= 0.6 is 13.5 Å². The first kappa shape index (κ1) is 10.3. The van der Waals surface area contributed by atoms with E-state index in [9.17, 15) is 0 Å². The first-order chi connectivity index (χ1) is 2.81. The van der Waals surface area contributed by atoms with Crippen LogP contribution in [0.2, 0.25) is 0 Å². The first-order valence-corrected chi connectivity index (χ1v) is 2.49. The van der Waals surface area contributed by atoms with Crippen molar-refractivity contribution >= 4 is 13.5 Å². The SMILES string of the molecule is CCC(O)CC.S. The third kappa shape index (κ3) is 6.31. The Morgan fingerprint density at radius 1 is 1.29 bits per heavy atom. The number of aliphatic hydroxyl groups excluding tert-OH is 1. The molecule has 46 valence electrons. The van der Waals surface area contributed by atoms with Crippen LogP contribution in [-0.2, 0) is 0 Å². The summed E-state index contributed by atoms with van der Waals surface area (Å²) in [5.74, 6) is 0. The molecule has 0 aliphatic rings. The van der Waals surface area contributed by atoms with Crippen molar-refractivity contribution in [3.8, 4) is 0 Å². The number of rotatable bonds is 2. The van der Waals surface area contributed by atoms with Crippen LogP contribution in [0.3, 0.4) is 0 Å². The van der Waals surface area contributed by atoms with Gasteiger partial charge in [-0.15, -0.1) is 0 Å². The van der Waals surface area contributed by atoms with Gasteiger partial charge in [-0.25, -0.2) is 0 Å². The maximum atomic E-state index is 8.67. The molecule has 2 heteroatoms. The zero-order valence-corrected chi connectivity index (χ0v) is 5.94. The molecule has 0 unspecified atom stereocenters. The molecule has 0 amide bonds. The Balaban J connectivity index is 0. The number of hydrogen-bond acceptors (Lipinski definition) is 1. The highest BCUT2D eigenvalue weighted by Gasteiger charge is 1.90. The van der Waals surface area contributed by atoms with Crippen molar-refractivity contribution in [2.45, 2.75) is 32.8 Å². The lowest BCUT2D eigenvalue weighted by atomic mass is 10.2. The molecule has 0 radical (unpaired) electrons. The fourth-order valence-corrected chi connectivity index (χ4v) is 0.289. The summed E-state index contributed by atoms with van der Waals surface area (Å²) in [6.07, 6.45) is 1.71. The van der Waals surface area contributed by atoms with Crippen molar-refractivity contribution in [3.63, 3.8) is 0 Å². The van der Waals surface area contributed by atoms with E-state index in [1.54, 1.807) is 0 Å². The maximum Gasteiger partial charge on any atom is 0.0535 e. The van der Waals surface area contributed by atoms with Crippen molar-refractivity contribution in [1.29, 1.82) is 0 Å². The lowest BCUT2D eigenvalue weighted by Gasteiger charge is -1.98. The van der Waals surface area contributed by atoms with E-state index < -0.39 is 0 Å². The second kappa shape index (κ2) is 6.31. The molecule has 0 aromatic carbocycles. The van der Waals surface area contributed by atoms with Gasteiger partial charge in [-0.3, -0.25) is 0 Å². The lowest BCUT2D eigenvalue weighted by Crippen LogP contribution is -1.99. The Morgan fingerprint density at radius 3 is 1.57 bits per heavy atom. The van der Waals surface area contributed by atoms with E-state index in [1.165, 1.54) is 0 Å². The summed E-state index contributed by atoms with van der Waals surface area (Å²) in [7, 11) is 0. The van der Waals surface area contributed by atoms with E-state index in [1.807, 2.05) is 13.8 Å². The summed E-state index contributed by atoms with van der Waals surface area (Å²) in [5, 5.41) is 8.67. The zero-order chi connectivity index (χ0) is 4.99. The van der Waals surface area contributed by atoms with Gasteiger partial charge in [-0.1, -0.05) is 13.8 Å². The molecule has 0 bridgehead atoms. The van der Waals surface area contributed by atoms with E-state index in [2.05, 4.69) is 0 Å². The molecule has 0 saturated carbocycles. The van der Waals surface area contributed by atoms with Gasteiger partial charge in [0.15, 0.2) is 0 Å². The predicted octanol–water partition coefficient (Wildman–Crippen LogP) is 1.28. The molecule has 1 N–H and O–H groups in total. The van der Waals surface area contributed by atoms with Crippen LogP contribution in [0.1, 0.15) is 26.7 Å². The zero-order valence-electron chi connectivity index (χ0n) is 4.94. The highest BCUT2D eigenvalue weighted by Crippen LogP contribution is 1.91. The molecule has 0 atom stereocenters. The fraction of sp³-hybridized carbons (Fsp3) is 1.00. The summed E-state index contributed by atoms with van der Waals surface area (Å²) in [4.78, 5) is 0. The minimum Gasteiger partial charge on any atom is -0.393 e. The normalized spacial score (nSPS) is 8.57. The Hall–Kier alpha value is 0.310. The standard InChI is InChI=1S/C5H12O.H2S/c1-3-5(6)4-2;/h5-6H,3-4H2,1-2H3;1H2. The van der Waals surface area contributed by atoms with Crippen LogP contribution in [-0.4, -0.2) is 11.2 Å². The van der Waals surface area contributed by atoms with Crippen LogP contribution < -0.4 is 0 Å². The molecule has 0 spiro atoms. The number of aliphatic hydroxyl groups is 1. The van der Waals surface area contributed by atoms with Crippen molar-refractivity contribution < 1.29 is 5.11 Å². The predicted molar refractivity (Wildman–Crippen MR) is 37.0 cm³/mol. The second-order valence-corrected chi connectivity index (χ2v) is 1.47. The first-order valence-electron chi connectivity index (χ1n) is 2.49. The smallest absolute Gasteiger partial charge is 0.0535 e. The monoisotopic (exact) mass is 122 g/mol. The summed E-state index contributed by atoms with van der Waals surface area (Å²) in [6, 6.07) is 0. The van der Waals surface area contributed by atoms with Crippen LogP contribution in [0.15, 0.2) is 0 Å². The van der Waals surface area contributed by atoms with Gasteiger partial charge in [-0.2, -0.15) is 13.5 Å². The van der Waals surface area contributed by atoms with Gasteiger partial charge >= 0.3 is 0 Å². The molecule has 0 heterocycles. The lowest BCUT2D eigenvalue weighted by molar-refractivity contribution is 0.166. The van der Waals surface area contributed by atoms with Gasteiger partial charge < -0.3 is 5.11 Å². The van der Waals surface area contributed by atoms with Gasteiger partial charge in [0.05, 0.1) is 6.10 Å². The van der Waals surface area contributed by atoms with E-state index in [0.717, 1.165) is 12.8 Å². The van der Waals surface area contributed by atoms with Crippen LogP contribution in [0.4, 0.5) is 0 Å². The second-order valence-electron chi connectivity index (χ2n) is 1.47. The van der Waals surface area contributed by atoms with Gasteiger partial charge in [-0.05, 0) is 12.8 Å². The Kier molecular flexibility index (Phi) is 9.31.